The number of anilines is 1. The number of piperidine rings is 1. The summed E-state index contributed by atoms with van der Waals surface area (Å²) in [6.07, 6.45) is 10.2. The predicted molar refractivity (Wildman–Crippen MR) is 150 cm³/mol. The van der Waals surface area contributed by atoms with Crippen molar-refractivity contribution in [3.63, 3.8) is 0 Å². The Morgan fingerprint density at radius 1 is 1.00 bits per heavy atom. The molecule has 2 aliphatic rings. The smallest absolute Gasteiger partial charge is 0.246 e. The zero-order chi connectivity index (χ0) is 24.3. The number of rotatable bonds is 6. The quantitative estimate of drug-likeness (QED) is 0.362. The van der Waals surface area contributed by atoms with Gasteiger partial charge in [0.2, 0.25) is 5.91 Å². The SMILES string of the molecule is O=C(C=Cc1c[nH]c2ccccc12)N1CCCCC1CCN1CCN(c2nsc3ccccc23)CC1. The number of aromatic amines is 1. The molecule has 0 saturated carbocycles. The monoisotopic (exact) mass is 499 g/mol. The van der Waals surface area contributed by atoms with Gasteiger partial charge in [0.25, 0.3) is 0 Å². The molecule has 7 heteroatoms. The Kier molecular flexibility index (Phi) is 6.75. The van der Waals surface area contributed by atoms with Crippen LogP contribution in [0.3, 0.4) is 0 Å². The minimum Gasteiger partial charge on any atom is -0.361 e. The number of para-hydroxylation sites is 1. The molecule has 0 bridgehead atoms. The van der Waals surface area contributed by atoms with E-state index in [0.717, 1.165) is 80.8 Å². The van der Waals surface area contributed by atoms with Crippen molar-refractivity contribution in [2.24, 2.45) is 0 Å². The Morgan fingerprint density at radius 3 is 2.69 bits per heavy atom. The van der Waals surface area contributed by atoms with Gasteiger partial charge >= 0.3 is 0 Å². The van der Waals surface area contributed by atoms with Crippen LogP contribution in [0.25, 0.3) is 27.1 Å². The molecule has 4 aromatic rings. The Morgan fingerprint density at radius 2 is 1.81 bits per heavy atom. The van der Waals surface area contributed by atoms with E-state index in [-0.39, 0.29) is 5.91 Å². The maximum atomic E-state index is 13.2. The van der Waals surface area contributed by atoms with Crippen LogP contribution < -0.4 is 4.90 Å². The molecule has 0 aliphatic carbocycles. The highest BCUT2D eigenvalue weighted by Gasteiger charge is 2.27. The highest BCUT2D eigenvalue weighted by atomic mass is 32.1. The van der Waals surface area contributed by atoms with Crippen LogP contribution in [0.5, 0.6) is 0 Å². The molecular formula is C29H33N5OS. The summed E-state index contributed by atoms with van der Waals surface area (Å²) in [4.78, 5) is 23.6. The zero-order valence-corrected chi connectivity index (χ0v) is 21.4. The normalized spacial score (nSPS) is 19.6. The second-order valence-electron chi connectivity index (χ2n) is 9.92. The largest absolute Gasteiger partial charge is 0.361 e. The van der Waals surface area contributed by atoms with Crippen LogP contribution >= 0.6 is 11.5 Å². The van der Waals surface area contributed by atoms with E-state index in [9.17, 15) is 4.79 Å². The summed E-state index contributed by atoms with van der Waals surface area (Å²) >= 11 is 1.59. The molecule has 1 N–H and O–H groups in total. The maximum Gasteiger partial charge on any atom is 0.246 e. The first-order chi connectivity index (χ1) is 17.8. The first kappa shape index (κ1) is 23.3. The summed E-state index contributed by atoms with van der Waals surface area (Å²) in [5.41, 5.74) is 2.17. The molecule has 36 heavy (non-hydrogen) atoms. The van der Waals surface area contributed by atoms with Gasteiger partial charge in [0, 0.05) is 73.9 Å². The van der Waals surface area contributed by atoms with Gasteiger partial charge in [-0.3, -0.25) is 9.69 Å². The zero-order valence-electron chi connectivity index (χ0n) is 20.6. The van der Waals surface area contributed by atoms with Crippen LogP contribution in [0.15, 0.2) is 60.8 Å². The standard InChI is InChI=1S/C29H33N5OS/c35-28(13-12-22-21-30-26-10-3-1-8-24(22)26)34-15-6-5-7-23(34)14-16-32-17-19-33(20-18-32)29-25-9-2-4-11-27(25)36-31-29/h1-4,8-13,21,23,30H,5-7,14-20H2. The number of H-pyrrole nitrogens is 1. The summed E-state index contributed by atoms with van der Waals surface area (Å²) in [6, 6.07) is 17.1. The topological polar surface area (TPSA) is 55.5 Å². The van der Waals surface area contributed by atoms with Crippen LogP contribution in [-0.4, -0.2) is 70.4 Å². The number of amides is 1. The second kappa shape index (κ2) is 10.4. The van der Waals surface area contributed by atoms with Crippen LogP contribution in [0.1, 0.15) is 31.2 Å². The van der Waals surface area contributed by atoms with E-state index >= 15 is 0 Å². The van der Waals surface area contributed by atoms with Crippen LogP contribution in [-0.2, 0) is 4.79 Å². The molecule has 2 fully saturated rings. The lowest BCUT2D eigenvalue weighted by Gasteiger charge is -2.39. The number of likely N-dealkylation sites (tertiary alicyclic amines) is 1. The number of aromatic nitrogens is 2. The fourth-order valence-corrected chi connectivity index (χ4v) is 6.49. The fourth-order valence-electron chi connectivity index (χ4n) is 5.70. The fraction of sp³-hybridized carbons (Fsp3) is 0.379. The van der Waals surface area contributed by atoms with E-state index in [1.807, 2.05) is 24.4 Å². The summed E-state index contributed by atoms with van der Waals surface area (Å²) in [5, 5.41) is 2.43. The lowest BCUT2D eigenvalue weighted by Crippen LogP contribution is -2.49. The highest BCUT2D eigenvalue weighted by molar-refractivity contribution is 7.13. The minimum absolute atomic E-state index is 0.144. The van der Waals surface area contributed by atoms with Crippen molar-refractivity contribution in [2.45, 2.75) is 31.7 Å². The third-order valence-electron chi connectivity index (χ3n) is 7.75. The summed E-state index contributed by atoms with van der Waals surface area (Å²) in [7, 11) is 0. The van der Waals surface area contributed by atoms with E-state index in [1.165, 1.54) is 16.5 Å². The maximum absolute atomic E-state index is 13.2. The summed E-state index contributed by atoms with van der Waals surface area (Å²) in [6.45, 7) is 6.03. The van der Waals surface area contributed by atoms with Crippen molar-refractivity contribution >= 4 is 50.3 Å². The summed E-state index contributed by atoms with van der Waals surface area (Å²) in [5.74, 6) is 1.28. The van der Waals surface area contributed by atoms with Gasteiger partial charge in [-0.15, -0.1) is 0 Å². The molecule has 4 heterocycles. The predicted octanol–water partition coefficient (Wildman–Crippen LogP) is 5.38. The van der Waals surface area contributed by atoms with Gasteiger partial charge in [0.1, 0.15) is 5.82 Å². The molecule has 1 atom stereocenters. The molecule has 1 amide bonds. The average Bonchev–Trinajstić information content (AvgIpc) is 3.55. The molecule has 2 aromatic carbocycles. The van der Waals surface area contributed by atoms with E-state index < -0.39 is 0 Å². The number of hydrogen-bond acceptors (Lipinski definition) is 5. The number of nitrogens with one attached hydrogen (secondary N) is 1. The van der Waals surface area contributed by atoms with E-state index in [4.69, 9.17) is 4.37 Å². The average molecular weight is 500 g/mol. The van der Waals surface area contributed by atoms with Gasteiger partial charge in [-0.05, 0) is 67.1 Å². The molecule has 2 aromatic heterocycles. The van der Waals surface area contributed by atoms with Crippen molar-refractivity contribution in [1.82, 2.24) is 19.2 Å². The first-order valence-electron chi connectivity index (χ1n) is 13.1. The molecule has 6 nitrogen and oxygen atoms in total. The Hall–Kier alpha value is -3.16. The van der Waals surface area contributed by atoms with Gasteiger partial charge in [0.15, 0.2) is 0 Å². The Bertz CT molecular complexity index is 1370. The first-order valence-corrected chi connectivity index (χ1v) is 13.9. The van der Waals surface area contributed by atoms with E-state index in [2.05, 4.69) is 56.1 Å². The number of carbonyl (C=O) groups excluding carboxylic acids is 1. The molecule has 2 aliphatic heterocycles. The highest BCUT2D eigenvalue weighted by Crippen LogP contribution is 2.30. The summed E-state index contributed by atoms with van der Waals surface area (Å²) < 4.78 is 6.00. The van der Waals surface area contributed by atoms with E-state index in [0.29, 0.717) is 6.04 Å². The number of hydrogen-bond donors (Lipinski definition) is 1. The van der Waals surface area contributed by atoms with Crippen molar-refractivity contribution in [3.05, 3.63) is 66.4 Å². The van der Waals surface area contributed by atoms with Gasteiger partial charge in [-0.25, -0.2) is 0 Å². The van der Waals surface area contributed by atoms with Gasteiger partial charge < -0.3 is 14.8 Å². The van der Waals surface area contributed by atoms with Gasteiger partial charge in [-0.2, -0.15) is 4.37 Å². The molecule has 1 unspecified atom stereocenters. The number of nitrogens with zero attached hydrogens (tertiary/aromatic N) is 4. The lowest BCUT2D eigenvalue weighted by molar-refractivity contribution is -0.129. The third kappa shape index (κ3) is 4.77. The molecule has 0 spiro atoms. The molecule has 6 rings (SSSR count). The lowest BCUT2D eigenvalue weighted by atomic mass is 9.98. The Labute approximate surface area is 216 Å². The Balaban J connectivity index is 1.04. The van der Waals surface area contributed by atoms with Crippen molar-refractivity contribution < 1.29 is 4.79 Å². The number of carbonyl (C=O) groups is 1. The molecular weight excluding hydrogens is 466 g/mol. The molecule has 186 valence electrons. The van der Waals surface area contributed by atoms with E-state index in [1.54, 1.807) is 17.6 Å². The molecule has 0 radical (unpaired) electrons. The minimum atomic E-state index is 0.144. The van der Waals surface area contributed by atoms with Crippen LogP contribution in [0.2, 0.25) is 0 Å². The number of fused-ring (bicyclic) bond motifs is 2. The van der Waals surface area contributed by atoms with Crippen LogP contribution in [0.4, 0.5) is 5.82 Å². The van der Waals surface area contributed by atoms with Crippen LogP contribution in [0, 0.1) is 0 Å². The van der Waals surface area contributed by atoms with Crippen molar-refractivity contribution in [3.8, 4) is 0 Å². The van der Waals surface area contributed by atoms with Gasteiger partial charge in [0.05, 0.1) is 4.70 Å². The van der Waals surface area contributed by atoms with Crippen molar-refractivity contribution in [2.75, 3.05) is 44.2 Å². The number of piperazine rings is 1. The second-order valence-corrected chi connectivity index (χ2v) is 10.7. The van der Waals surface area contributed by atoms with Crippen molar-refractivity contribution in [1.29, 1.82) is 0 Å². The number of benzene rings is 2. The molecule has 2 saturated heterocycles. The third-order valence-corrected chi connectivity index (χ3v) is 8.56. The van der Waals surface area contributed by atoms with Gasteiger partial charge in [-0.1, -0.05) is 30.3 Å².